The molecule has 4 aromatic rings. The number of imide groups is 1. The largest absolute Gasteiger partial charge is 0.325 e. The molecule has 2 N–H and O–H groups in total. The van der Waals surface area contributed by atoms with Crippen LogP contribution >= 0.6 is 23.1 Å². The molecule has 2 aromatic carbocycles. The molecule has 2 heterocycles. The molecule has 0 radical (unpaired) electrons. The van der Waals surface area contributed by atoms with E-state index in [2.05, 4.69) is 15.6 Å². The van der Waals surface area contributed by atoms with Crippen molar-refractivity contribution in [2.24, 2.45) is 0 Å². The highest BCUT2D eigenvalue weighted by Gasteiger charge is 2.29. The molecule has 1 saturated carbocycles. The Kier molecular flexibility index (Phi) is 6.16. The third-order valence-corrected chi connectivity index (χ3v) is 7.17. The molecular formula is C24H19FN4O3S2. The van der Waals surface area contributed by atoms with E-state index < -0.39 is 17.8 Å². The number of anilines is 1. The summed E-state index contributed by atoms with van der Waals surface area (Å²) in [5, 5.41) is 7.47. The SMILES string of the molecule is O=C(CSc1nc2scc(C3CC3)c2c(=O)n1-c1ccccc1)NC(=O)Nc1ccccc1F. The van der Waals surface area contributed by atoms with E-state index in [1.54, 1.807) is 6.07 Å². The smallest absolute Gasteiger partial charge is 0.305 e. The first-order valence-corrected chi connectivity index (χ1v) is 12.5. The highest BCUT2D eigenvalue weighted by Crippen LogP contribution is 2.44. The highest BCUT2D eigenvalue weighted by atomic mass is 32.2. The third-order valence-electron chi connectivity index (χ3n) is 5.34. The first-order valence-electron chi connectivity index (χ1n) is 10.6. The predicted molar refractivity (Wildman–Crippen MR) is 131 cm³/mol. The molecule has 34 heavy (non-hydrogen) atoms. The van der Waals surface area contributed by atoms with Gasteiger partial charge >= 0.3 is 6.03 Å². The van der Waals surface area contributed by atoms with Crippen LogP contribution in [0.3, 0.4) is 0 Å². The number of carbonyl (C=O) groups is 2. The van der Waals surface area contributed by atoms with Crippen LogP contribution in [0.5, 0.6) is 0 Å². The number of halogens is 1. The number of benzene rings is 2. The summed E-state index contributed by atoms with van der Waals surface area (Å²) in [6.07, 6.45) is 2.14. The van der Waals surface area contributed by atoms with E-state index in [0.29, 0.717) is 27.0 Å². The summed E-state index contributed by atoms with van der Waals surface area (Å²) in [7, 11) is 0. The van der Waals surface area contributed by atoms with E-state index in [0.717, 1.165) is 30.2 Å². The second-order valence-corrected chi connectivity index (χ2v) is 9.59. The maximum absolute atomic E-state index is 13.7. The van der Waals surface area contributed by atoms with E-state index >= 15 is 0 Å². The lowest BCUT2D eigenvalue weighted by molar-refractivity contribution is -0.117. The molecule has 5 rings (SSSR count). The topological polar surface area (TPSA) is 93.1 Å². The summed E-state index contributed by atoms with van der Waals surface area (Å²) in [5.41, 5.74) is 1.49. The fraction of sp³-hybridized carbons (Fsp3) is 0.167. The second-order valence-electron chi connectivity index (χ2n) is 7.79. The summed E-state index contributed by atoms with van der Waals surface area (Å²) in [5.74, 6) is -0.955. The van der Waals surface area contributed by atoms with Crippen molar-refractivity contribution < 1.29 is 14.0 Å². The molecule has 2 aromatic heterocycles. The zero-order valence-electron chi connectivity index (χ0n) is 17.8. The Morgan fingerprint density at radius 3 is 2.59 bits per heavy atom. The number of nitrogens with zero attached hydrogens (tertiary/aromatic N) is 2. The van der Waals surface area contributed by atoms with Gasteiger partial charge in [-0.25, -0.2) is 14.2 Å². The molecule has 1 fully saturated rings. The van der Waals surface area contributed by atoms with Gasteiger partial charge in [0.25, 0.3) is 5.56 Å². The molecular weight excluding hydrogens is 475 g/mol. The van der Waals surface area contributed by atoms with Crippen molar-refractivity contribution in [3.8, 4) is 5.69 Å². The summed E-state index contributed by atoms with van der Waals surface area (Å²) in [4.78, 5) is 43.4. The lowest BCUT2D eigenvalue weighted by atomic mass is 10.1. The van der Waals surface area contributed by atoms with Gasteiger partial charge in [0.1, 0.15) is 10.6 Å². The van der Waals surface area contributed by atoms with Gasteiger partial charge in [-0.05, 0) is 54.0 Å². The minimum absolute atomic E-state index is 0.0327. The lowest BCUT2D eigenvalue weighted by Gasteiger charge is -2.12. The van der Waals surface area contributed by atoms with Gasteiger partial charge in [0.2, 0.25) is 5.91 Å². The lowest BCUT2D eigenvalue weighted by Crippen LogP contribution is -2.35. The summed E-state index contributed by atoms with van der Waals surface area (Å²) in [6, 6.07) is 14.0. The standard InChI is InChI=1S/C24H19FN4O3S2/c25-17-8-4-5-9-18(17)26-23(32)27-19(30)13-34-24-28-21-20(16(12-33-21)14-10-11-14)22(31)29(24)15-6-2-1-3-7-15/h1-9,12,14H,10-11,13H2,(H2,26,27,30,32). The van der Waals surface area contributed by atoms with Crippen molar-refractivity contribution >= 4 is 50.9 Å². The van der Waals surface area contributed by atoms with Crippen LogP contribution in [-0.4, -0.2) is 27.2 Å². The van der Waals surface area contributed by atoms with Crippen molar-refractivity contribution in [2.75, 3.05) is 11.1 Å². The number of carbonyl (C=O) groups excluding carboxylic acids is 2. The number of hydrogen-bond donors (Lipinski definition) is 2. The normalized spacial score (nSPS) is 13.1. The van der Waals surface area contributed by atoms with Gasteiger partial charge in [0, 0.05) is 0 Å². The van der Waals surface area contributed by atoms with E-state index in [1.165, 1.54) is 34.1 Å². The fourth-order valence-electron chi connectivity index (χ4n) is 3.60. The molecule has 172 valence electrons. The average molecular weight is 495 g/mol. The number of thiophene rings is 1. The number of hydrogen-bond acceptors (Lipinski definition) is 6. The number of rotatable bonds is 6. The first-order chi connectivity index (χ1) is 16.5. The van der Waals surface area contributed by atoms with Crippen molar-refractivity contribution in [1.82, 2.24) is 14.9 Å². The monoisotopic (exact) mass is 494 g/mol. The fourth-order valence-corrected chi connectivity index (χ4v) is 5.47. The number of para-hydroxylation sites is 2. The van der Waals surface area contributed by atoms with Gasteiger partial charge in [-0.1, -0.05) is 42.1 Å². The highest BCUT2D eigenvalue weighted by molar-refractivity contribution is 7.99. The van der Waals surface area contributed by atoms with Crippen molar-refractivity contribution in [1.29, 1.82) is 0 Å². The van der Waals surface area contributed by atoms with Crippen LogP contribution in [-0.2, 0) is 4.79 Å². The first kappa shape index (κ1) is 22.3. The molecule has 1 aliphatic carbocycles. The Bertz CT molecular complexity index is 1450. The van der Waals surface area contributed by atoms with E-state index in [-0.39, 0.29) is 17.0 Å². The molecule has 0 unspecified atom stereocenters. The maximum atomic E-state index is 13.7. The average Bonchev–Trinajstić information content (AvgIpc) is 3.58. The number of nitrogens with one attached hydrogen (secondary N) is 2. The number of aromatic nitrogens is 2. The van der Waals surface area contributed by atoms with Crippen LogP contribution in [0, 0.1) is 5.82 Å². The Labute approximate surface area is 202 Å². The van der Waals surface area contributed by atoms with Crippen molar-refractivity contribution in [3.63, 3.8) is 0 Å². The van der Waals surface area contributed by atoms with E-state index in [9.17, 15) is 18.8 Å². The Morgan fingerprint density at radius 2 is 1.85 bits per heavy atom. The molecule has 0 atom stereocenters. The summed E-state index contributed by atoms with van der Waals surface area (Å²) < 4.78 is 15.2. The maximum Gasteiger partial charge on any atom is 0.325 e. The van der Waals surface area contributed by atoms with Crippen molar-refractivity contribution in [2.45, 2.75) is 23.9 Å². The van der Waals surface area contributed by atoms with Gasteiger partial charge in [-0.15, -0.1) is 11.3 Å². The van der Waals surface area contributed by atoms with Gasteiger partial charge in [0.15, 0.2) is 5.16 Å². The zero-order valence-corrected chi connectivity index (χ0v) is 19.4. The Hall–Kier alpha value is -3.50. The number of thioether (sulfide) groups is 1. The molecule has 10 heteroatoms. The third kappa shape index (κ3) is 4.59. The van der Waals surface area contributed by atoms with E-state index in [1.807, 2.05) is 35.7 Å². The van der Waals surface area contributed by atoms with E-state index in [4.69, 9.17) is 0 Å². The number of fused-ring (bicyclic) bond motifs is 1. The van der Waals surface area contributed by atoms with Gasteiger partial charge in [0.05, 0.1) is 22.5 Å². The molecule has 1 aliphatic rings. The molecule has 3 amide bonds. The predicted octanol–water partition coefficient (Wildman–Crippen LogP) is 4.90. The Morgan fingerprint density at radius 1 is 1.12 bits per heavy atom. The number of urea groups is 1. The number of amides is 3. The van der Waals surface area contributed by atoms with Crippen LogP contribution in [0.4, 0.5) is 14.9 Å². The van der Waals surface area contributed by atoms with Gasteiger partial charge in [-0.2, -0.15) is 0 Å². The van der Waals surface area contributed by atoms with Crippen LogP contribution < -0.4 is 16.2 Å². The van der Waals surface area contributed by atoms with Crippen LogP contribution in [0.1, 0.15) is 24.3 Å². The van der Waals surface area contributed by atoms with Gasteiger partial charge < -0.3 is 5.32 Å². The quantitative estimate of drug-likeness (QED) is 0.294. The summed E-state index contributed by atoms with van der Waals surface area (Å²) in [6.45, 7) is 0. The Balaban J connectivity index is 1.38. The summed E-state index contributed by atoms with van der Waals surface area (Å²) >= 11 is 2.48. The molecule has 0 aliphatic heterocycles. The minimum atomic E-state index is -0.841. The minimum Gasteiger partial charge on any atom is -0.305 e. The van der Waals surface area contributed by atoms with Crippen LogP contribution in [0.2, 0.25) is 0 Å². The zero-order chi connectivity index (χ0) is 23.7. The molecule has 0 spiro atoms. The van der Waals surface area contributed by atoms with Crippen LogP contribution in [0.15, 0.2) is 69.9 Å². The molecule has 7 nitrogen and oxygen atoms in total. The van der Waals surface area contributed by atoms with Crippen molar-refractivity contribution in [3.05, 3.63) is 81.7 Å². The second kappa shape index (κ2) is 9.40. The van der Waals surface area contributed by atoms with Crippen LogP contribution in [0.25, 0.3) is 15.9 Å². The van der Waals surface area contributed by atoms with Gasteiger partial charge in [-0.3, -0.25) is 19.5 Å². The molecule has 0 bridgehead atoms. The molecule has 0 saturated heterocycles.